The van der Waals surface area contributed by atoms with Crippen LogP contribution in [-0.4, -0.2) is 11.1 Å². The quantitative estimate of drug-likeness (QED) is 0.755. The van der Waals surface area contributed by atoms with Crippen molar-refractivity contribution >= 4 is 0 Å². The Bertz CT molecular complexity index is 404. The van der Waals surface area contributed by atoms with Gasteiger partial charge in [-0.15, -0.1) is 0 Å². The molecule has 0 N–H and O–H groups in total. The molecule has 1 aromatic heterocycles. The minimum atomic E-state index is -4.43. The number of hydrogen-bond donors (Lipinski definition) is 0. The molecular formula is C14H20F3NO. The fraction of sp³-hybridized carbons (Fsp3) is 0.643. The van der Waals surface area contributed by atoms with Crippen LogP contribution in [0.4, 0.5) is 13.2 Å². The molecule has 5 heteroatoms. The molecule has 1 aromatic rings. The average Bonchev–Trinajstić information content (AvgIpc) is 2.37. The number of hydrogen-bond acceptors (Lipinski definition) is 2. The zero-order valence-corrected chi connectivity index (χ0v) is 11.5. The third-order valence-electron chi connectivity index (χ3n) is 2.95. The summed E-state index contributed by atoms with van der Waals surface area (Å²) < 4.78 is 43.6. The normalized spacial score (nSPS) is 13.4. The van der Waals surface area contributed by atoms with Crippen LogP contribution in [0, 0.1) is 0 Å². The van der Waals surface area contributed by atoms with Crippen molar-refractivity contribution in [1.82, 2.24) is 4.98 Å². The van der Waals surface area contributed by atoms with E-state index in [9.17, 15) is 13.2 Å². The van der Waals surface area contributed by atoms with Crippen LogP contribution in [0.3, 0.4) is 0 Å². The van der Waals surface area contributed by atoms with E-state index in [1.54, 1.807) is 0 Å². The number of ether oxygens (including phenoxy) is 1. The van der Waals surface area contributed by atoms with E-state index >= 15 is 0 Å². The summed E-state index contributed by atoms with van der Waals surface area (Å²) in [6, 6.07) is 2.45. The van der Waals surface area contributed by atoms with Gasteiger partial charge in [-0.05, 0) is 25.3 Å². The second-order valence-corrected chi connectivity index (χ2v) is 4.45. The highest BCUT2D eigenvalue weighted by atomic mass is 19.4. The van der Waals surface area contributed by atoms with Gasteiger partial charge in [-0.25, -0.2) is 4.98 Å². The number of rotatable bonds is 6. The average molecular weight is 275 g/mol. The summed E-state index contributed by atoms with van der Waals surface area (Å²) in [4.78, 5) is 3.64. The van der Waals surface area contributed by atoms with Crippen LogP contribution in [0.25, 0.3) is 0 Å². The number of nitrogens with zero attached hydrogens (tertiary/aromatic N) is 1. The predicted octanol–water partition coefficient (Wildman–Crippen LogP) is 4.62. The van der Waals surface area contributed by atoms with Gasteiger partial charge in [-0.3, -0.25) is 0 Å². The van der Waals surface area contributed by atoms with Crippen LogP contribution < -0.4 is 4.74 Å². The van der Waals surface area contributed by atoms with Gasteiger partial charge in [0.15, 0.2) is 0 Å². The number of pyridine rings is 1. The Hall–Kier alpha value is -1.26. The Balaban J connectivity index is 3.02. The van der Waals surface area contributed by atoms with E-state index in [0.717, 1.165) is 25.3 Å². The Morgan fingerprint density at radius 1 is 1.21 bits per heavy atom. The third-order valence-corrected chi connectivity index (χ3v) is 2.95. The van der Waals surface area contributed by atoms with Gasteiger partial charge in [-0.2, -0.15) is 13.2 Å². The third kappa shape index (κ3) is 4.40. The summed E-state index contributed by atoms with van der Waals surface area (Å²) in [5.74, 6) is 0.123. The Kier molecular flexibility index (Phi) is 5.63. The maximum atomic E-state index is 12.7. The molecular weight excluding hydrogens is 255 g/mol. The van der Waals surface area contributed by atoms with Crippen molar-refractivity contribution in [2.24, 2.45) is 0 Å². The number of aryl methyl sites for hydroxylation is 1. The van der Waals surface area contributed by atoms with Gasteiger partial charge in [0, 0.05) is 5.56 Å². The van der Waals surface area contributed by atoms with Crippen LogP contribution in [-0.2, 0) is 12.6 Å². The number of aromatic nitrogens is 1. The highest BCUT2D eigenvalue weighted by Crippen LogP contribution is 2.31. The number of halogens is 3. The first kappa shape index (κ1) is 15.8. The maximum absolute atomic E-state index is 12.7. The van der Waals surface area contributed by atoms with E-state index in [0.29, 0.717) is 12.0 Å². The lowest BCUT2D eigenvalue weighted by atomic mass is 10.1. The number of alkyl halides is 3. The van der Waals surface area contributed by atoms with E-state index < -0.39 is 11.9 Å². The molecule has 0 amide bonds. The van der Waals surface area contributed by atoms with Crippen molar-refractivity contribution < 1.29 is 17.9 Å². The van der Waals surface area contributed by atoms with E-state index in [4.69, 9.17) is 4.74 Å². The van der Waals surface area contributed by atoms with Crippen LogP contribution in [0.2, 0.25) is 0 Å². The molecule has 0 aromatic carbocycles. The summed E-state index contributed by atoms with van der Waals surface area (Å²) in [5, 5.41) is 0. The molecule has 108 valence electrons. The fourth-order valence-electron chi connectivity index (χ4n) is 1.82. The van der Waals surface area contributed by atoms with Crippen molar-refractivity contribution in [3.8, 4) is 5.88 Å². The van der Waals surface area contributed by atoms with Gasteiger partial charge in [0.25, 0.3) is 0 Å². The second kappa shape index (κ2) is 6.78. The van der Waals surface area contributed by atoms with Crippen molar-refractivity contribution in [3.63, 3.8) is 0 Å². The highest BCUT2D eigenvalue weighted by Gasteiger charge is 2.33. The zero-order valence-electron chi connectivity index (χ0n) is 11.5. The summed E-state index contributed by atoms with van der Waals surface area (Å²) in [7, 11) is 0. The summed E-state index contributed by atoms with van der Waals surface area (Å²) in [5.41, 5.74) is -0.186. The van der Waals surface area contributed by atoms with Crippen molar-refractivity contribution in [1.29, 1.82) is 0 Å². The molecule has 0 spiro atoms. The molecule has 0 aliphatic heterocycles. The molecule has 0 radical (unpaired) electrons. The van der Waals surface area contributed by atoms with Crippen LogP contribution in [0.5, 0.6) is 5.88 Å². The topological polar surface area (TPSA) is 22.1 Å². The molecule has 0 aliphatic carbocycles. The Morgan fingerprint density at radius 2 is 1.89 bits per heavy atom. The monoisotopic (exact) mass is 275 g/mol. The van der Waals surface area contributed by atoms with Gasteiger partial charge in [-0.1, -0.05) is 33.3 Å². The Labute approximate surface area is 112 Å². The predicted molar refractivity (Wildman–Crippen MR) is 68.2 cm³/mol. The standard InChI is InChI=1S/C14H20F3NO/c1-4-7-11(6-3)19-13-10(5-2)8-9-12(18-13)14(15,16)17/h8-9,11H,4-7H2,1-3H3. The van der Waals surface area contributed by atoms with E-state index in [1.165, 1.54) is 6.07 Å². The maximum Gasteiger partial charge on any atom is 0.433 e. The second-order valence-electron chi connectivity index (χ2n) is 4.45. The first-order chi connectivity index (χ1) is 8.92. The Morgan fingerprint density at radius 3 is 2.37 bits per heavy atom. The first-order valence-corrected chi connectivity index (χ1v) is 6.66. The van der Waals surface area contributed by atoms with Crippen LogP contribution in [0.15, 0.2) is 12.1 Å². The lowest BCUT2D eigenvalue weighted by Crippen LogP contribution is -2.18. The molecule has 0 fully saturated rings. The molecule has 1 heterocycles. The van der Waals surface area contributed by atoms with Crippen LogP contribution in [0.1, 0.15) is 51.3 Å². The highest BCUT2D eigenvalue weighted by molar-refractivity contribution is 5.29. The molecule has 0 saturated carbocycles. The molecule has 2 nitrogen and oxygen atoms in total. The van der Waals surface area contributed by atoms with Gasteiger partial charge in [0.1, 0.15) is 11.8 Å². The minimum absolute atomic E-state index is 0.0775. The van der Waals surface area contributed by atoms with E-state index in [1.807, 2.05) is 20.8 Å². The fourth-order valence-corrected chi connectivity index (χ4v) is 1.82. The van der Waals surface area contributed by atoms with Gasteiger partial charge in [0.2, 0.25) is 5.88 Å². The molecule has 0 bridgehead atoms. The molecule has 19 heavy (non-hydrogen) atoms. The molecule has 1 rings (SSSR count). The summed E-state index contributed by atoms with van der Waals surface area (Å²) in [6.45, 7) is 5.85. The molecule has 1 atom stereocenters. The van der Waals surface area contributed by atoms with Crippen molar-refractivity contribution in [3.05, 3.63) is 23.4 Å². The first-order valence-electron chi connectivity index (χ1n) is 6.66. The van der Waals surface area contributed by atoms with E-state index in [2.05, 4.69) is 4.98 Å². The zero-order chi connectivity index (χ0) is 14.5. The van der Waals surface area contributed by atoms with E-state index in [-0.39, 0.29) is 12.0 Å². The molecule has 1 unspecified atom stereocenters. The minimum Gasteiger partial charge on any atom is -0.474 e. The van der Waals surface area contributed by atoms with Gasteiger partial charge >= 0.3 is 6.18 Å². The molecule has 0 aliphatic rings. The van der Waals surface area contributed by atoms with Crippen molar-refractivity contribution in [2.75, 3.05) is 0 Å². The van der Waals surface area contributed by atoms with Gasteiger partial charge < -0.3 is 4.74 Å². The van der Waals surface area contributed by atoms with Crippen molar-refractivity contribution in [2.45, 2.75) is 58.7 Å². The van der Waals surface area contributed by atoms with Gasteiger partial charge in [0.05, 0.1) is 0 Å². The smallest absolute Gasteiger partial charge is 0.433 e. The van der Waals surface area contributed by atoms with Crippen LogP contribution >= 0.6 is 0 Å². The largest absolute Gasteiger partial charge is 0.474 e. The lowest BCUT2D eigenvalue weighted by molar-refractivity contribution is -0.141. The molecule has 0 saturated heterocycles. The summed E-state index contributed by atoms with van der Waals surface area (Å²) >= 11 is 0. The lowest BCUT2D eigenvalue weighted by Gasteiger charge is -2.19. The SMILES string of the molecule is CCCC(CC)Oc1nc(C(F)(F)F)ccc1CC. The summed E-state index contributed by atoms with van der Waals surface area (Å²) in [6.07, 6.45) is -1.41.